The monoisotopic (exact) mass is 583 g/mol. The van der Waals surface area contributed by atoms with Crippen molar-refractivity contribution in [2.75, 3.05) is 36.0 Å². The first kappa shape index (κ1) is 36.6. The molecule has 7 heteroatoms. The number of anilines is 2. The van der Waals surface area contributed by atoms with Gasteiger partial charge in [0.15, 0.2) is 0 Å². The van der Waals surface area contributed by atoms with Gasteiger partial charge >= 0.3 is 29.6 Å². The quantitative estimate of drug-likeness (QED) is 0.318. The second kappa shape index (κ2) is 21.5. The first-order chi connectivity index (χ1) is 14.5. The fourth-order valence-electron chi connectivity index (χ4n) is 2.73. The first-order valence-corrected chi connectivity index (χ1v) is 11.2. The summed E-state index contributed by atoms with van der Waals surface area (Å²) in [6.07, 6.45) is 7.50. The number of hydrogen-bond donors (Lipinski definition) is 1. The molecule has 3 nitrogen and oxygen atoms in total. The zero-order valence-corrected chi connectivity index (χ0v) is 24.1. The van der Waals surface area contributed by atoms with Crippen molar-refractivity contribution in [3.05, 3.63) is 108 Å². The van der Waals surface area contributed by atoms with Gasteiger partial charge in [0.05, 0.1) is 6.61 Å². The van der Waals surface area contributed by atoms with E-state index in [1.54, 1.807) is 0 Å². The Bertz CT molecular complexity index is 835. The zero-order chi connectivity index (χ0) is 22.4. The molecule has 0 amide bonds. The van der Waals surface area contributed by atoms with E-state index in [1.165, 1.54) is 5.69 Å². The zero-order valence-electron chi connectivity index (χ0n) is 19.9. The van der Waals surface area contributed by atoms with Crippen LogP contribution in [0.5, 0.6) is 0 Å². The van der Waals surface area contributed by atoms with Crippen molar-refractivity contribution in [1.29, 1.82) is 0 Å². The average Bonchev–Trinajstić information content (AvgIpc) is 2.74. The number of aliphatic hydroxyl groups excluding tert-OH is 1. The molecule has 0 saturated carbocycles. The molecule has 0 spiro atoms. The summed E-state index contributed by atoms with van der Waals surface area (Å²) >= 11 is 6.89. The van der Waals surface area contributed by atoms with Gasteiger partial charge in [0, 0.05) is 54.9 Å². The van der Waals surface area contributed by atoms with Crippen LogP contribution in [-0.2, 0) is 6.61 Å². The maximum atomic E-state index is 9.08. The van der Waals surface area contributed by atoms with Crippen LogP contribution in [0.2, 0.25) is 0 Å². The van der Waals surface area contributed by atoms with Crippen molar-refractivity contribution < 1.29 is 36.1 Å². The topological polar surface area (TPSA) is 26.7 Å². The SMILES string of the molecule is C.C=CCN(CC=C)c1ccc(CO)c(Br)c1.C=CCN(CC=C)c1cccc(Br)c1.[B].[H-].[Na+]. The molecular formula is C26H35BBr2N2NaO. The number of hydrogen-bond acceptors (Lipinski definition) is 3. The molecule has 33 heavy (non-hydrogen) atoms. The Morgan fingerprint density at radius 2 is 1.24 bits per heavy atom. The number of aliphatic hydroxyl groups is 1. The summed E-state index contributed by atoms with van der Waals surface area (Å²) in [4.78, 5) is 4.34. The summed E-state index contributed by atoms with van der Waals surface area (Å²) in [5.74, 6) is 0. The van der Waals surface area contributed by atoms with E-state index >= 15 is 0 Å². The molecule has 0 bridgehead atoms. The molecule has 0 heterocycles. The maximum Gasteiger partial charge on any atom is 1.00 e. The largest absolute Gasteiger partial charge is 1.00 e. The molecule has 2 aromatic rings. The van der Waals surface area contributed by atoms with Gasteiger partial charge < -0.3 is 16.3 Å². The molecule has 2 rings (SSSR count). The van der Waals surface area contributed by atoms with Crippen LogP contribution in [0.15, 0.2) is 102 Å². The minimum atomic E-state index is 0. The van der Waals surface area contributed by atoms with Crippen molar-refractivity contribution >= 4 is 51.6 Å². The van der Waals surface area contributed by atoms with Crippen LogP contribution in [-0.4, -0.2) is 39.7 Å². The number of benzene rings is 2. The third-order valence-corrected chi connectivity index (χ3v) is 5.37. The van der Waals surface area contributed by atoms with Crippen LogP contribution >= 0.6 is 31.9 Å². The van der Waals surface area contributed by atoms with Crippen LogP contribution in [0.4, 0.5) is 11.4 Å². The molecule has 0 aliphatic carbocycles. The summed E-state index contributed by atoms with van der Waals surface area (Å²) in [7, 11) is 0. The molecule has 0 aromatic heterocycles. The second-order valence-electron chi connectivity index (χ2n) is 6.38. The summed E-state index contributed by atoms with van der Waals surface area (Å²) in [6.45, 7) is 18.2. The number of rotatable bonds is 11. The Labute approximate surface area is 243 Å². The minimum absolute atomic E-state index is 0. The van der Waals surface area contributed by atoms with Crippen molar-refractivity contribution in [3.8, 4) is 0 Å². The predicted octanol–water partition coefficient (Wildman–Crippen LogP) is 4.12. The standard InChI is InChI=1S/C13H16BrNO.C12H14BrN.CH4.B.Na.H/c1-3-7-15(8-4-2)12-6-5-11(10-16)13(14)9-12;1-3-8-14(9-4-2)12-7-5-6-11(13)10-12;;;;/h3-6,9,16H,1-2,7-8,10H2;3-7,10H,1-2,8-9H2;1H4;;;/q;;;;+1;-1. The third kappa shape index (κ3) is 13.5. The van der Waals surface area contributed by atoms with Crippen molar-refractivity contribution in [3.63, 3.8) is 0 Å². The first-order valence-electron chi connectivity index (χ1n) is 9.59. The third-order valence-electron chi connectivity index (χ3n) is 4.14. The fraction of sp³-hybridized carbons (Fsp3) is 0.231. The van der Waals surface area contributed by atoms with Gasteiger partial charge in [0.1, 0.15) is 0 Å². The van der Waals surface area contributed by atoms with Crippen LogP contribution in [0.25, 0.3) is 0 Å². The molecular weight excluding hydrogens is 550 g/mol. The smallest absolute Gasteiger partial charge is 1.00 e. The second-order valence-corrected chi connectivity index (χ2v) is 8.15. The van der Waals surface area contributed by atoms with Gasteiger partial charge in [-0.2, -0.15) is 0 Å². The van der Waals surface area contributed by atoms with E-state index in [4.69, 9.17) is 5.11 Å². The molecule has 3 radical (unpaired) electrons. The molecule has 0 saturated heterocycles. The van der Waals surface area contributed by atoms with Gasteiger partial charge in [0.25, 0.3) is 0 Å². The minimum Gasteiger partial charge on any atom is -1.00 e. The Kier molecular flexibility index (Phi) is 23.8. The van der Waals surface area contributed by atoms with E-state index in [2.05, 4.69) is 80.1 Å². The summed E-state index contributed by atoms with van der Waals surface area (Å²) in [5, 5.41) is 9.08. The Hall–Kier alpha value is -1.02. The molecule has 173 valence electrons. The normalized spacial score (nSPS) is 8.82. The van der Waals surface area contributed by atoms with E-state index in [0.29, 0.717) is 0 Å². The van der Waals surface area contributed by atoms with E-state index in [0.717, 1.165) is 46.4 Å². The van der Waals surface area contributed by atoms with Crippen LogP contribution < -0.4 is 39.4 Å². The van der Waals surface area contributed by atoms with Crippen molar-refractivity contribution in [2.24, 2.45) is 0 Å². The molecule has 0 aliphatic rings. The number of halogens is 2. The maximum absolute atomic E-state index is 9.08. The molecule has 0 atom stereocenters. The Balaban J connectivity index is -0.000000238. The van der Waals surface area contributed by atoms with Gasteiger partial charge in [-0.1, -0.05) is 75.7 Å². The molecule has 0 aliphatic heterocycles. The van der Waals surface area contributed by atoms with Gasteiger partial charge in [-0.25, -0.2) is 0 Å². The van der Waals surface area contributed by atoms with E-state index in [-0.39, 0.29) is 53.4 Å². The van der Waals surface area contributed by atoms with Gasteiger partial charge in [-0.05, 0) is 35.9 Å². The molecule has 0 unspecified atom stereocenters. The van der Waals surface area contributed by atoms with Gasteiger partial charge in [-0.3, -0.25) is 0 Å². The predicted molar refractivity (Wildman–Crippen MR) is 153 cm³/mol. The van der Waals surface area contributed by atoms with Gasteiger partial charge in [0.2, 0.25) is 0 Å². The molecule has 0 fully saturated rings. The van der Waals surface area contributed by atoms with E-state index in [9.17, 15) is 0 Å². The summed E-state index contributed by atoms with van der Waals surface area (Å²) in [6, 6.07) is 14.1. The van der Waals surface area contributed by atoms with E-state index in [1.807, 2.05) is 54.6 Å². The molecule has 1 N–H and O–H groups in total. The number of nitrogens with zero attached hydrogens (tertiary/aromatic N) is 2. The van der Waals surface area contributed by atoms with E-state index < -0.39 is 0 Å². The van der Waals surface area contributed by atoms with Crippen LogP contribution in [0.1, 0.15) is 14.4 Å². The average molecular weight is 585 g/mol. The fourth-order valence-corrected chi connectivity index (χ4v) is 3.61. The Morgan fingerprint density at radius 3 is 1.61 bits per heavy atom. The van der Waals surface area contributed by atoms with Crippen molar-refractivity contribution in [1.82, 2.24) is 0 Å². The van der Waals surface area contributed by atoms with Crippen molar-refractivity contribution in [2.45, 2.75) is 14.0 Å². The Morgan fingerprint density at radius 1 is 0.788 bits per heavy atom. The van der Waals surface area contributed by atoms with Gasteiger partial charge in [-0.15, -0.1) is 26.3 Å². The summed E-state index contributed by atoms with van der Waals surface area (Å²) < 4.78 is 2.01. The van der Waals surface area contributed by atoms with Crippen LogP contribution in [0, 0.1) is 0 Å². The molecule has 2 aromatic carbocycles. The van der Waals surface area contributed by atoms with Crippen LogP contribution in [0.3, 0.4) is 0 Å². The summed E-state index contributed by atoms with van der Waals surface area (Å²) in [5.41, 5.74) is 3.16.